The van der Waals surface area contributed by atoms with Crippen LogP contribution in [0.25, 0.3) is 0 Å². The van der Waals surface area contributed by atoms with Gasteiger partial charge in [0.2, 0.25) is 5.91 Å². The van der Waals surface area contributed by atoms with Crippen LogP contribution in [0.15, 0.2) is 18.2 Å². The van der Waals surface area contributed by atoms with Crippen LogP contribution in [0.5, 0.6) is 5.75 Å². The van der Waals surface area contributed by atoms with Gasteiger partial charge < -0.3 is 14.9 Å². The smallest absolute Gasteiger partial charge is 0.257 e. The van der Waals surface area contributed by atoms with E-state index in [9.17, 15) is 14.7 Å². The van der Waals surface area contributed by atoms with Gasteiger partial charge in [0.15, 0.2) is 0 Å². The Balaban J connectivity index is 1.50. The first-order chi connectivity index (χ1) is 11.5. The molecule has 24 heavy (non-hydrogen) atoms. The fraction of sp³-hybridized carbons (Fsp3) is 0.556. The van der Waals surface area contributed by atoms with Gasteiger partial charge in [-0.2, -0.15) is 0 Å². The molecule has 1 aromatic rings. The van der Waals surface area contributed by atoms with Crippen LogP contribution in [0.3, 0.4) is 0 Å². The predicted octanol–water partition coefficient (Wildman–Crippen LogP) is 2.66. The zero-order chi connectivity index (χ0) is 16.8. The fourth-order valence-electron chi connectivity index (χ4n) is 4.16. The van der Waals surface area contributed by atoms with Gasteiger partial charge in [-0.1, -0.05) is 11.6 Å². The van der Waals surface area contributed by atoms with E-state index < -0.39 is 0 Å². The number of carbonyl (C=O) groups is 2. The van der Waals surface area contributed by atoms with Gasteiger partial charge >= 0.3 is 0 Å². The molecular formula is C18H21ClN2O3. The number of hydrogen-bond acceptors (Lipinski definition) is 3. The third kappa shape index (κ3) is 2.75. The monoisotopic (exact) mass is 348 g/mol. The molecule has 1 aromatic carbocycles. The van der Waals surface area contributed by atoms with Crippen molar-refractivity contribution in [1.82, 2.24) is 9.80 Å². The lowest BCUT2D eigenvalue weighted by molar-refractivity contribution is -0.141. The molecule has 2 amide bonds. The van der Waals surface area contributed by atoms with Crippen LogP contribution in [0.2, 0.25) is 5.02 Å². The van der Waals surface area contributed by atoms with Crippen LogP contribution >= 0.6 is 11.6 Å². The average molecular weight is 349 g/mol. The average Bonchev–Trinajstić information content (AvgIpc) is 3.38. The summed E-state index contributed by atoms with van der Waals surface area (Å²) in [7, 11) is 0. The van der Waals surface area contributed by atoms with Crippen molar-refractivity contribution in [3.05, 3.63) is 28.8 Å². The van der Waals surface area contributed by atoms with E-state index in [0.717, 1.165) is 25.7 Å². The first-order valence-corrected chi connectivity index (χ1v) is 9.01. The minimum Gasteiger partial charge on any atom is -0.507 e. The number of carbonyl (C=O) groups excluding carboxylic acids is 2. The van der Waals surface area contributed by atoms with E-state index in [4.69, 9.17) is 11.6 Å². The minimum atomic E-state index is -0.155. The number of hydrogen-bond donors (Lipinski definition) is 1. The summed E-state index contributed by atoms with van der Waals surface area (Å²) in [6, 6.07) is 5.31. The standard InChI is InChI=1S/C18H21ClN2O3/c19-12-2-5-14(16(22)9-12)18(24)20-8-7-15-11(10-20)1-6-17(23)21(15)13-3-4-13/h2,5,9,11,13,15,22H,1,3-4,6-8,10H2/t11-,15-/m1/s1. The van der Waals surface area contributed by atoms with Crippen molar-refractivity contribution >= 4 is 23.4 Å². The van der Waals surface area contributed by atoms with Crippen LogP contribution in [0.4, 0.5) is 0 Å². The Morgan fingerprint density at radius 2 is 2.00 bits per heavy atom. The molecule has 0 radical (unpaired) electrons. The summed E-state index contributed by atoms with van der Waals surface area (Å²) >= 11 is 5.84. The minimum absolute atomic E-state index is 0.0759. The van der Waals surface area contributed by atoms with Gasteiger partial charge in [-0.05, 0) is 49.8 Å². The number of aromatic hydroxyl groups is 1. The lowest BCUT2D eigenvalue weighted by Gasteiger charge is -2.47. The Morgan fingerprint density at radius 3 is 2.71 bits per heavy atom. The zero-order valence-corrected chi connectivity index (χ0v) is 14.2. The van der Waals surface area contributed by atoms with Gasteiger partial charge in [-0.25, -0.2) is 0 Å². The summed E-state index contributed by atoms with van der Waals surface area (Å²) in [6.07, 6.45) is 4.51. The van der Waals surface area contributed by atoms with Crippen LogP contribution in [-0.4, -0.2) is 51.9 Å². The predicted molar refractivity (Wildman–Crippen MR) is 90.0 cm³/mol. The highest BCUT2D eigenvalue weighted by Gasteiger charge is 2.45. The molecule has 2 saturated heterocycles. The molecule has 1 N–H and O–H groups in total. The highest BCUT2D eigenvalue weighted by atomic mass is 35.5. The molecule has 5 nitrogen and oxygen atoms in total. The number of halogens is 1. The van der Waals surface area contributed by atoms with Crippen LogP contribution in [0.1, 0.15) is 42.5 Å². The number of phenolic OH excluding ortho intramolecular Hbond substituents is 1. The number of amides is 2. The summed E-state index contributed by atoms with van der Waals surface area (Å²) < 4.78 is 0. The molecule has 0 bridgehead atoms. The van der Waals surface area contributed by atoms with E-state index in [-0.39, 0.29) is 23.6 Å². The number of phenols is 1. The van der Waals surface area contributed by atoms with Gasteiger partial charge in [-0.3, -0.25) is 9.59 Å². The van der Waals surface area contributed by atoms with Crippen molar-refractivity contribution in [3.8, 4) is 5.75 Å². The van der Waals surface area contributed by atoms with Crippen molar-refractivity contribution in [2.45, 2.75) is 44.2 Å². The largest absolute Gasteiger partial charge is 0.507 e. The van der Waals surface area contributed by atoms with E-state index in [2.05, 4.69) is 4.90 Å². The molecule has 2 aliphatic heterocycles. The molecule has 3 fully saturated rings. The molecule has 3 aliphatic rings. The lowest BCUT2D eigenvalue weighted by Crippen LogP contribution is -2.57. The molecule has 128 valence electrons. The molecule has 6 heteroatoms. The molecule has 1 saturated carbocycles. The van der Waals surface area contributed by atoms with E-state index in [1.165, 1.54) is 6.07 Å². The highest BCUT2D eigenvalue weighted by Crippen LogP contribution is 2.39. The molecule has 4 rings (SSSR count). The summed E-state index contributed by atoms with van der Waals surface area (Å²) in [5, 5.41) is 10.4. The van der Waals surface area contributed by atoms with Gasteiger partial charge in [0.1, 0.15) is 5.75 Å². The molecule has 0 aromatic heterocycles. The second-order valence-corrected chi connectivity index (χ2v) is 7.54. The van der Waals surface area contributed by atoms with Crippen molar-refractivity contribution in [2.75, 3.05) is 13.1 Å². The number of benzene rings is 1. The molecule has 0 spiro atoms. The van der Waals surface area contributed by atoms with Gasteiger partial charge in [-0.15, -0.1) is 0 Å². The summed E-state index contributed by atoms with van der Waals surface area (Å²) in [5.41, 5.74) is 0.295. The number of rotatable bonds is 2. The third-order valence-electron chi connectivity index (χ3n) is 5.49. The van der Waals surface area contributed by atoms with Gasteiger partial charge in [0.05, 0.1) is 5.56 Å². The Morgan fingerprint density at radius 1 is 1.21 bits per heavy atom. The van der Waals surface area contributed by atoms with Crippen molar-refractivity contribution in [3.63, 3.8) is 0 Å². The number of nitrogens with zero attached hydrogens (tertiary/aromatic N) is 2. The van der Waals surface area contributed by atoms with Crippen LogP contribution in [0, 0.1) is 5.92 Å². The van der Waals surface area contributed by atoms with Gasteiger partial charge in [0, 0.05) is 36.6 Å². The zero-order valence-electron chi connectivity index (χ0n) is 13.4. The first kappa shape index (κ1) is 15.8. The molecule has 2 heterocycles. The van der Waals surface area contributed by atoms with Crippen molar-refractivity contribution in [2.24, 2.45) is 5.92 Å². The summed E-state index contributed by atoms with van der Waals surface area (Å²) in [5.74, 6) is 0.398. The van der Waals surface area contributed by atoms with E-state index >= 15 is 0 Å². The van der Waals surface area contributed by atoms with Gasteiger partial charge in [0.25, 0.3) is 5.91 Å². The lowest BCUT2D eigenvalue weighted by atomic mass is 9.83. The summed E-state index contributed by atoms with van der Waals surface area (Å²) in [6.45, 7) is 1.28. The maximum Gasteiger partial charge on any atom is 0.257 e. The first-order valence-electron chi connectivity index (χ1n) is 8.63. The quantitative estimate of drug-likeness (QED) is 0.893. The Kier molecular flexibility index (Phi) is 3.91. The Hall–Kier alpha value is -1.75. The third-order valence-corrected chi connectivity index (χ3v) is 5.72. The Bertz CT molecular complexity index is 689. The molecular weight excluding hydrogens is 328 g/mol. The Labute approximate surface area is 146 Å². The van der Waals surface area contributed by atoms with Crippen LogP contribution in [-0.2, 0) is 4.79 Å². The van der Waals surface area contributed by atoms with Crippen LogP contribution < -0.4 is 0 Å². The molecule has 2 atom stereocenters. The van der Waals surface area contributed by atoms with E-state index in [1.54, 1.807) is 12.1 Å². The van der Waals surface area contributed by atoms with E-state index in [1.807, 2.05) is 4.90 Å². The second-order valence-electron chi connectivity index (χ2n) is 7.10. The maximum absolute atomic E-state index is 12.7. The highest BCUT2D eigenvalue weighted by molar-refractivity contribution is 6.30. The normalized spacial score (nSPS) is 27.1. The van der Waals surface area contributed by atoms with E-state index in [0.29, 0.717) is 42.1 Å². The van der Waals surface area contributed by atoms with Crippen molar-refractivity contribution in [1.29, 1.82) is 0 Å². The second kappa shape index (κ2) is 5.96. The SMILES string of the molecule is O=C(c1ccc(Cl)cc1O)N1CC[C@@H]2[C@H](CCC(=O)N2C2CC2)C1. The maximum atomic E-state index is 12.7. The molecule has 0 unspecified atom stereocenters. The number of fused-ring (bicyclic) bond motifs is 1. The summed E-state index contributed by atoms with van der Waals surface area (Å²) in [4.78, 5) is 28.9. The number of likely N-dealkylation sites (tertiary alicyclic amines) is 2. The fourth-order valence-corrected chi connectivity index (χ4v) is 4.33. The topological polar surface area (TPSA) is 60.9 Å². The number of piperidine rings is 2. The molecule has 1 aliphatic carbocycles. The van der Waals surface area contributed by atoms with Crippen molar-refractivity contribution < 1.29 is 14.7 Å².